The van der Waals surface area contributed by atoms with E-state index in [-0.39, 0.29) is 0 Å². The van der Waals surface area contributed by atoms with Crippen LogP contribution in [0.25, 0.3) is 0 Å². The van der Waals surface area contributed by atoms with Crippen LogP contribution in [0.2, 0.25) is 0 Å². The Bertz CT molecular complexity index is 119. The second-order valence-corrected chi connectivity index (χ2v) is 3.39. The summed E-state index contributed by atoms with van der Waals surface area (Å²) < 4.78 is 10.5. The van der Waals surface area contributed by atoms with Crippen molar-refractivity contribution in [3.8, 4) is 0 Å². The highest BCUT2D eigenvalue weighted by Crippen LogP contribution is 2.10. The third-order valence-corrected chi connectivity index (χ3v) is 2.22. The van der Waals surface area contributed by atoms with Gasteiger partial charge >= 0.3 is 0 Å². The molecule has 0 aromatic carbocycles. The van der Waals surface area contributed by atoms with E-state index >= 15 is 0 Å². The van der Waals surface area contributed by atoms with Crippen molar-refractivity contribution in [2.45, 2.75) is 18.9 Å². The van der Waals surface area contributed by atoms with Gasteiger partial charge in [-0.2, -0.15) is 0 Å². The molecule has 0 saturated carbocycles. The van der Waals surface area contributed by atoms with Crippen molar-refractivity contribution < 1.29 is 9.47 Å². The van der Waals surface area contributed by atoms with E-state index in [2.05, 4.69) is 11.9 Å². The Morgan fingerprint density at radius 1 is 1.42 bits per heavy atom. The molecule has 1 saturated heterocycles. The first-order valence-corrected chi connectivity index (χ1v) is 4.62. The minimum atomic E-state index is 0.430. The van der Waals surface area contributed by atoms with E-state index in [1.54, 1.807) is 7.11 Å². The Labute approximate surface area is 74.6 Å². The smallest absolute Gasteiger partial charge is 0.0704 e. The predicted molar refractivity (Wildman–Crippen MR) is 48.3 cm³/mol. The molecule has 12 heavy (non-hydrogen) atoms. The Morgan fingerprint density at radius 3 is 2.92 bits per heavy atom. The molecule has 3 heteroatoms. The molecule has 0 amide bonds. The van der Waals surface area contributed by atoms with E-state index in [9.17, 15) is 0 Å². The highest BCUT2D eigenvalue weighted by molar-refractivity contribution is 4.70. The number of rotatable bonds is 4. The Morgan fingerprint density at radius 2 is 2.25 bits per heavy atom. The van der Waals surface area contributed by atoms with Gasteiger partial charge in [-0.3, -0.25) is 0 Å². The largest absolute Gasteiger partial charge is 0.382 e. The number of piperidine rings is 1. The van der Waals surface area contributed by atoms with Crippen molar-refractivity contribution in [2.24, 2.45) is 0 Å². The zero-order valence-corrected chi connectivity index (χ0v) is 8.08. The molecule has 1 aliphatic heterocycles. The molecule has 0 unspecified atom stereocenters. The monoisotopic (exact) mass is 173 g/mol. The van der Waals surface area contributed by atoms with Crippen molar-refractivity contribution in [2.75, 3.05) is 40.5 Å². The van der Waals surface area contributed by atoms with Gasteiger partial charge < -0.3 is 14.4 Å². The average Bonchev–Trinajstić information content (AvgIpc) is 2.05. The topological polar surface area (TPSA) is 21.7 Å². The summed E-state index contributed by atoms with van der Waals surface area (Å²) in [7, 11) is 3.85. The maximum Gasteiger partial charge on any atom is 0.0704 e. The molecule has 0 aliphatic carbocycles. The van der Waals surface area contributed by atoms with E-state index in [0.717, 1.165) is 13.2 Å². The summed E-state index contributed by atoms with van der Waals surface area (Å²) in [6.45, 7) is 3.73. The number of hydrogen-bond acceptors (Lipinski definition) is 3. The highest BCUT2D eigenvalue weighted by Gasteiger charge is 2.16. The molecule has 1 heterocycles. The van der Waals surface area contributed by atoms with Crippen LogP contribution in [0.3, 0.4) is 0 Å². The van der Waals surface area contributed by atoms with Gasteiger partial charge in [-0.05, 0) is 26.4 Å². The number of hydrogen-bond donors (Lipinski definition) is 0. The molecule has 0 aromatic heterocycles. The minimum Gasteiger partial charge on any atom is -0.382 e. The number of likely N-dealkylation sites (N-methyl/N-ethyl adjacent to an activating group) is 1. The lowest BCUT2D eigenvalue weighted by Crippen LogP contribution is -2.37. The van der Waals surface area contributed by atoms with Crippen LogP contribution >= 0.6 is 0 Å². The summed E-state index contributed by atoms with van der Waals surface area (Å²) in [6.07, 6.45) is 2.89. The minimum absolute atomic E-state index is 0.430. The Hall–Kier alpha value is -0.120. The summed E-state index contributed by atoms with van der Waals surface area (Å²) >= 11 is 0. The van der Waals surface area contributed by atoms with Gasteiger partial charge in [0, 0.05) is 13.7 Å². The first kappa shape index (κ1) is 9.96. The fraction of sp³-hybridized carbons (Fsp3) is 1.00. The normalized spacial score (nSPS) is 26.0. The maximum atomic E-state index is 5.63. The molecular formula is C9H19NO2. The summed E-state index contributed by atoms with van der Waals surface area (Å²) in [4.78, 5) is 2.32. The molecule has 1 atom stereocenters. The van der Waals surface area contributed by atoms with Gasteiger partial charge in [0.15, 0.2) is 0 Å². The van der Waals surface area contributed by atoms with Crippen LogP contribution in [0.5, 0.6) is 0 Å². The Balaban J connectivity index is 2.06. The molecule has 0 spiro atoms. The SMILES string of the molecule is COCCO[C@@H]1CCCN(C)C1. The number of methoxy groups -OCH3 is 1. The fourth-order valence-corrected chi connectivity index (χ4v) is 1.55. The Kier molecular flexibility index (Phi) is 4.58. The third-order valence-electron chi connectivity index (χ3n) is 2.22. The summed E-state index contributed by atoms with van der Waals surface area (Å²) in [5.74, 6) is 0. The van der Waals surface area contributed by atoms with Gasteiger partial charge in [0.25, 0.3) is 0 Å². The molecule has 3 nitrogen and oxygen atoms in total. The van der Waals surface area contributed by atoms with Crippen LogP contribution < -0.4 is 0 Å². The van der Waals surface area contributed by atoms with E-state index < -0.39 is 0 Å². The zero-order chi connectivity index (χ0) is 8.81. The standard InChI is InChI=1S/C9H19NO2/c1-10-5-3-4-9(8-10)12-7-6-11-2/h9H,3-8H2,1-2H3/t9-/m1/s1. The number of likely N-dealkylation sites (tertiary alicyclic amines) is 1. The lowest BCUT2D eigenvalue weighted by Gasteiger charge is -2.29. The van der Waals surface area contributed by atoms with Crippen molar-refractivity contribution >= 4 is 0 Å². The zero-order valence-electron chi connectivity index (χ0n) is 8.08. The van der Waals surface area contributed by atoms with Gasteiger partial charge in [0.1, 0.15) is 0 Å². The van der Waals surface area contributed by atoms with Crippen molar-refractivity contribution in [1.82, 2.24) is 4.90 Å². The number of nitrogens with zero attached hydrogens (tertiary/aromatic N) is 1. The molecule has 1 aliphatic rings. The summed E-state index contributed by atoms with van der Waals surface area (Å²) in [6, 6.07) is 0. The average molecular weight is 173 g/mol. The molecule has 0 radical (unpaired) electrons. The van der Waals surface area contributed by atoms with Crippen molar-refractivity contribution in [1.29, 1.82) is 0 Å². The van der Waals surface area contributed by atoms with E-state index in [0.29, 0.717) is 12.7 Å². The van der Waals surface area contributed by atoms with Crippen LogP contribution in [-0.2, 0) is 9.47 Å². The van der Waals surface area contributed by atoms with Gasteiger partial charge in [0.2, 0.25) is 0 Å². The molecule has 0 N–H and O–H groups in total. The molecule has 72 valence electrons. The predicted octanol–water partition coefficient (Wildman–Crippen LogP) is 0.744. The highest BCUT2D eigenvalue weighted by atomic mass is 16.5. The van der Waals surface area contributed by atoms with Crippen molar-refractivity contribution in [3.05, 3.63) is 0 Å². The van der Waals surface area contributed by atoms with E-state index in [1.807, 2.05) is 0 Å². The van der Waals surface area contributed by atoms with Gasteiger partial charge in [-0.15, -0.1) is 0 Å². The van der Waals surface area contributed by atoms with E-state index in [1.165, 1.54) is 19.4 Å². The molecule has 0 bridgehead atoms. The first-order chi connectivity index (χ1) is 5.83. The van der Waals surface area contributed by atoms with Crippen LogP contribution in [0.15, 0.2) is 0 Å². The van der Waals surface area contributed by atoms with E-state index in [4.69, 9.17) is 9.47 Å². The van der Waals surface area contributed by atoms with Gasteiger partial charge in [0.05, 0.1) is 19.3 Å². The lowest BCUT2D eigenvalue weighted by molar-refractivity contribution is -0.0156. The molecule has 1 rings (SSSR count). The maximum absolute atomic E-state index is 5.63. The number of ether oxygens (including phenoxy) is 2. The molecule has 0 aromatic rings. The third kappa shape index (κ3) is 3.52. The first-order valence-electron chi connectivity index (χ1n) is 4.62. The van der Waals surface area contributed by atoms with Gasteiger partial charge in [-0.25, -0.2) is 0 Å². The van der Waals surface area contributed by atoms with Gasteiger partial charge in [-0.1, -0.05) is 0 Å². The van der Waals surface area contributed by atoms with Crippen LogP contribution in [0.4, 0.5) is 0 Å². The summed E-state index contributed by atoms with van der Waals surface area (Å²) in [5.41, 5.74) is 0. The van der Waals surface area contributed by atoms with Crippen molar-refractivity contribution in [3.63, 3.8) is 0 Å². The van der Waals surface area contributed by atoms with Crippen LogP contribution in [0, 0.1) is 0 Å². The molecule has 1 fully saturated rings. The quantitative estimate of drug-likeness (QED) is 0.585. The second-order valence-electron chi connectivity index (χ2n) is 3.39. The lowest BCUT2D eigenvalue weighted by atomic mass is 10.1. The second kappa shape index (κ2) is 5.51. The fourth-order valence-electron chi connectivity index (χ4n) is 1.55. The molecular weight excluding hydrogens is 154 g/mol. The van der Waals surface area contributed by atoms with Crippen LogP contribution in [-0.4, -0.2) is 51.5 Å². The summed E-state index contributed by atoms with van der Waals surface area (Å²) in [5, 5.41) is 0. The van der Waals surface area contributed by atoms with Crippen LogP contribution in [0.1, 0.15) is 12.8 Å².